The number of nitrogens with one attached hydrogen (secondary N) is 1. The van der Waals surface area contributed by atoms with Gasteiger partial charge in [-0.25, -0.2) is 0 Å². The molecular formula is C19H23N3OS. The summed E-state index contributed by atoms with van der Waals surface area (Å²) >= 11 is 5.58. The van der Waals surface area contributed by atoms with Gasteiger partial charge in [-0.1, -0.05) is 42.5 Å². The number of aromatic hydroxyl groups is 1. The van der Waals surface area contributed by atoms with Gasteiger partial charge in [0.25, 0.3) is 0 Å². The molecule has 0 saturated carbocycles. The first-order valence-electron chi connectivity index (χ1n) is 8.28. The molecule has 2 aromatic rings. The molecule has 0 bridgehead atoms. The molecule has 5 heteroatoms. The fraction of sp³-hybridized carbons (Fsp3) is 0.316. The summed E-state index contributed by atoms with van der Waals surface area (Å²) in [5.41, 5.74) is 2.13. The Morgan fingerprint density at radius 1 is 1.00 bits per heavy atom. The van der Waals surface area contributed by atoms with Gasteiger partial charge in [-0.05, 0) is 36.8 Å². The molecule has 1 atom stereocenters. The van der Waals surface area contributed by atoms with E-state index in [4.69, 9.17) is 12.2 Å². The van der Waals surface area contributed by atoms with Crippen LogP contribution >= 0.6 is 12.2 Å². The third-order valence-electron chi connectivity index (χ3n) is 4.43. The molecule has 0 radical (unpaired) electrons. The van der Waals surface area contributed by atoms with Crippen molar-refractivity contribution in [3.63, 3.8) is 0 Å². The molecule has 0 amide bonds. The summed E-state index contributed by atoms with van der Waals surface area (Å²) in [6.45, 7) is 5.52. The summed E-state index contributed by atoms with van der Waals surface area (Å²) in [6, 6.07) is 18.0. The van der Waals surface area contributed by atoms with E-state index < -0.39 is 0 Å². The minimum absolute atomic E-state index is 0.190. The van der Waals surface area contributed by atoms with Crippen LogP contribution in [0.25, 0.3) is 0 Å². The fourth-order valence-electron chi connectivity index (χ4n) is 2.98. The Balaban J connectivity index is 1.55. The lowest BCUT2D eigenvalue weighted by Crippen LogP contribution is -2.52. The average Bonchev–Trinajstić information content (AvgIpc) is 2.63. The standard InChI is InChI=1S/C19H23N3OS/c1-15(16-7-3-2-4-8-16)20-19(24)22-13-11-21(12-14-22)17-9-5-6-10-18(17)23/h2-10,15,23H,11-14H2,1H3,(H,20,24)/t15-/m1/s1. The molecule has 1 aliphatic rings. The van der Waals surface area contributed by atoms with Crippen LogP contribution < -0.4 is 10.2 Å². The lowest BCUT2D eigenvalue weighted by atomic mass is 10.1. The number of hydrogen-bond acceptors (Lipinski definition) is 3. The highest BCUT2D eigenvalue weighted by Crippen LogP contribution is 2.27. The van der Waals surface area contributed by atoms with Crippen molar-refractivity contribution < 1.29 is 5.11 Å². The molecule has 1 aliphatic heterocycles. The normalized spacial score (nSPS) is 15.9. The molecule has 24 heavy (non-hydrogen) atoms. The zero-order chi connectivity index (χ0) is 16.9. The third kappa shape index (κ3) is 3.79. The summed E-state index contributed by atoms with van der Waals surface area (Å²) in [4.78, 5) is 4.40. The highest BCUT2D eigenvalue weighted by Gasteiger charge is 2.21. The second-order valence-corrected chi connectivity index (χ2v) is 6.43. The Kier molecular flexibility index (Phi) is 5.20. The molecule has 0 aliphatic carbocycles. The van der Waals surface area contributed by atoms with E-state index in [0.29, 0.717) is 5.75 Å². The number of phenolic OH excluding ortho intramolecular Hbond substituents is 1. The Labute approximate surface area is 148 Å². The monoisotopic (exact) mass is 341 g/mol. The van der Waals surface area contributed by atoms with Crippen LogP contribution in [0.4, 0.5) is 5.69 Å². The second kappa shape index (κ2) is 7.53. The summed E-state index contributed by atoms with van der Waals surface area (Å²) in [5.74, 6) is 0.337. The van der Waals surface area contributed by atoms with Crippen LogP contribution in [0.1, 0.15) is 18.5 Å². The molecule has 0 spiro atoms. The van der Waals surface area contributed by atoms with Crippen molar-refractivity contribution >= 4 is 23.0 Å². The third-order valence-corrected chi connectivity index (χ3v) is 4.80. The number of hydrogen-bond donors (Lipinski definition) is 2. The van der Waals surface area contributed by atoms with Gasteiger partial charge in [-0.15, -0.1) is 0 Å². The number of para-hydroxylation sites is 2. The predicted molar refractivity (Wildman–Crippen MR) is 102 cm³/mol. The van der Waals surface area contributed by atoms with Crippen molar-refractivity contribution in [3.05, 3.63) is 60.2 Å². The number of anilines is 1. The number of thiocarbonyl (C=S) groups is 1. The van der Waals surface area contributed by atoms with E-state index in [1.165, 1.54) is 5.56 Å². The van der Waals surface area contributed by atoms with E-state index in [1.54, 1.807) is 6.07 Å². The van der Waals surface area contributed by atoms with Gasteiger partial charge in [0.1, 0.15) is 5.75 Å². The van der Waals surface area contributed by atoms with Gasteiger partial charge in [-0.3, -0.25) is 0 Å². The maximum Gasteiger partial charge on any atom is 0.169 e. The number of benzene rings is 2. The lowest BCUT2D eigenvalue weighted by Gasteiger charge is -2.38. The van der Waals surface area contributed by atoms with Gasteiger partial charge in [-0.2, -0.15) is 0 Å². The number of piperazine rings is 1. The quantitative estimate of drug-likeness (QED) is 0.839. The van der Waals surface area contributed by atoms with Crippen molar-refractivity contribution in [1.29, 1.82) is 0 Å². The molecule has 2 aromatic carbocycles. The first-order valence-corrected chi connectivity index (χ1v) is 8.69. The topological polar surface area (TPSA) is 38.7 Å². The molecule has 3 rings (SSSR count). The number of rotatable bonds is 3. The van der Waals surface area contributed by atoms with Crippen LogP contribution in [0.5, 0.6) is 5.75 Å². The molecule has 2 N–H and O–H groups in total. The van der Waals surface area contributed by atoms with Crippen LogP contribution in [0, 0.1) is 0 Å². The number of phenols is 1. The average molecular weight is 341 g/mol. The van der Waals surface area contributed by atoms with Crippen LogP contribution in [-0.4, -0.2) is 41.3 Å². The maximum absolute atomic E-state index is 9.99. The van der Waals surface area contributed by atoms with Gasteiger partial charge in [0.2, 0.25) is 0 Å². The molecule has 0 unspecified atom stereocenters. The van der Waals surface area contributed by atoms with E-state index in [1.807, 2.05) is 36.4 Å². The van der Waals surface area contributed by atoms with Crippen molar-refractivity contribution in [2.24, 2.45) is 0 Å². The molecule has 1 fully saturated rings. The van der Waals surface area contributed by atoms with Crippen molar-refractivity contribution in [2.75, 3.05) is 31.1 Å². The van der Waals surface area contributed by atoms with Gasteiger partial charge in [0, 0.05) is 26.2 Å². The predicted octanol–water partition coefficient (Wildman–Crippen LogP) is 3.15. The van der Waals surface area contributed by atoms with Crippen molar-refractivity contribution in [1.82, 2.24) is 10.2 Å². The van der Waals surface area contributed by atoms with Crippen molar-refractivity contribution in [3.8, 4) is 5.75 Å². The summed E-state index contributed by atoms with van der Waals surface area (Å²) < 4.78 is 0. The minimum Gasteiger partial charge on any atom is -0.506 e. The van der Waals surface area contributed by atoms with Gasteiger partial charge >= 0.3 is 0 Å². The Morgan fingerprint density at radius 3 is 2.29 bits per heavy atom. The Morgan fingerprint density at radius 2 is 1.62 bits per heavy atom. The summed E-state index contributed by atoms with van der Waals surface area (Å²) in [7, 11) is 0. The highest BCUT2D eigenvalue weighted by molar-refractivity contribution is 7.80. The van der Waals surface area contributed by atoms with E-state index in [9.17, 15) is 5.11 Å². The van der Waals surface area contributed by atoms with E-state index in [0.717, 1.165) is 37.0 Å². The summed E-state index contributed by atoms with van der Waals surface area (Å²) in [6.07, 6.45) is 0. The fourth-order valence-corrected chi connectivity index (χ4v) is 3.34. The molecule has 0 aromatic heterocycles. The van der Waals surface area contributed by atoms with Gasteiger partial charge in [0.15, 0.2) is 5.11 Å². The van der Waals surface area contributed by atoms with Crippen LogP contribution in [0.3, 0.4) is 0 Å². The van der Waals surface area contributed by atoms with Crippen LogP contribution in [-0.2, 0) is 0 Å². The van der Waals surface area contributed by atoms with Gasteiger partial charge in [0.05, 0.1) is 11.7 Å². The minimum atomic E-state index is 0.190. The Bertz CT molecular complexity index is 684. The smallest absolute Gasteiger partial charge is 0.169 e. The summed E-state index contributed by atoms with van der Waals surface area (Å²) in [5, 5.41) is 14.2. The molecule has 126 valence electrons. The van der Waals surface area contributed by atoms with Gasteiger partial charge < -0.3 is 20.2 Å². The first kappa shape index (κ1) is 16.6. The maximum atomic E-state index is 9.99. The largest absolute Gasteiger partial charge is 0.506 e. The van der Waals surface area contributed by atoms with E-state index >= 15 is 0 Å². The SMILES string of the molecule is C[C@@H](NC(=S)N1CCN(c2ccccc2O)CC1)c1ccccc1. The zero-order valence-electron chi connectivity index (χ0n) is 13.9. The molecule has 4 nitrogen and oxygen atoms in total. The Hall–Kier alpha value is -2.27. The molecule has 1 saturated heterocycles. The van der Waals surface area contributed by atoms with Crippen LogP contribution in [0.2, 0.25) is 0 Å². The highest BCUT2D eigenvalue weighted by atomic mass is 32.1. The molecular weight excluding hydrogens is 318 g/mol. The first-order chi connectivity index (χ1) is 11.6. The molecule has 1 heterocycles. The van der Waals surface area contributed by atoms with E-state index in [-0.39, 0.29) is 6.04 Å². The number of nitrogens with zero attached hydrogens (tertiary/aromatic N) is 2. The zero-order valence-corrected chi connectivity index (χ0v) is 14.7. The second-order valence-electron chi connectivity index (χ2n) is 6.04. The van der Waals surface area contributed by atoms with Crippen molar-refractivity contribution in [2.45, 2.75) is 13.0 Å². The van der Waals surface area contributed by atoms with Crippen LogP contribution in [0.15, 0.2) is 54.6 Å². The lowest BCUT2D eigenvalue weighted by molar-refractivity contribution is 0.373. The van der Waals surface area contributed by atoms with E-state index in [2.05, 4.69) is 34.2 Å².